The van der Waals surface area contributed by atoms with Crippen molar-refractivity contribution in [2.45, 2.75) is 96.8 Å². The Morgan fingerprint density at radius 3 is 1.64 bits per heavy atom. The second-order valence-electron chi connectivity index (χ2n) is 9.23. The summed E-state index contributed by atoms with van der Waals surface area (Å²) in [6.07, 6.45) is 18.0. The first-order chi connectivity index (χ1) is 13.6. The number of carbonyl (C=O) groups is 2. The van der Waals surface area contributed by atoms with Crippen LogP contribution in [0, 0.1) is 29.6 Å². The quantitative estimate of drug-likeness (QED) is 0.262. The summed E-state index contributed by atoms with van der Waals surface area (Å²) in [5.74, 6) is 1.81. The molecule has 0 aromatic rings. The summed E-state index contributed by atoms with van der Waals surface area (Å²) in [5, 5.41) is 0. The number of rotatable bonds is 10. The van der Waals surface area contributed by atoms with E-state index in [1.807, 2.05) is 0 Å². The zero-order valence-electron chi connectivity index (χ0n) is 18.4. The van der Waals surface area contributed by atoms with E-state index >= 15 is 0 Å². The number of hydrogen-bond donors (Lipinski definition) is 0. The molecule has 0 aromatic carbocycles. The summed E-state index contributed by atoms with van der Waals surface area (Å²) in [6.45, 7) is 2.29. The summed E-state index contributed by atoms with van der Waals surface area (Å²) < 4.78 is 9.54. The van der Waals surface area contributed by atoms with Gasteiger partial charge in [0.05, 0.1) is 14.2 Å². The SMILES string of the molecule is CCCCCC1CCC(C2CCC(CCC(C(=O)OC)C(=O)OC)CC2)CC1. The zero-order valence-corrected chi connectivity index (χ0v) is 18.4. The molecule has 0 saturated heterocycles. The molecule has 4 nitrogen and oxygen atoms in total. The first kappa shape index (κ1) is 23.2. The van der Waals surface area contributed by atoms with Gasteiger partial charge in [0.1, 0.15) is 0 Å². The Morgan fingerprint density at radius 2 is 1.21 bits per heavy atom. The van der Waals surface area contributed by atoms with Crippen molar-refractivity contribution in [1.29, 1.82) is 0 Å². The van der Waals surface area contributed by atoms with Crippen molar-refractivity contribution in [2.24, 2.45) is 29.6 Å². The Labute approximate surface area is 172 Å². The van der Waals surface area contributed by atoms with Crippen molar-refractivity contribution in [3.8, 4) is 0 Å². The molecule has 28 heavy (non-hydrogen) atoms. The maximum Gasteiger partial charge on any atom is 0.320 e. The van der Waals surface area contributed by atoms with Crippen molar-refractivity contribution < 1.29 is 19.1 Å². The van der Waals surface area contributed by atoms with Gasteiger partial charge in [0.25, 0.3) is 0 Å². The van der Waals surface area contributed by atoms with E-state index < -0.39 is 17.9 Å². The summed E-state index contributed by atoms with van der Waals surface area (Å²) >= 11 is 0. The molecule has 0 heterocycles. The number of ether oxygens (including phenoxy) is 2. The van der Waals surface area contributed by atoms with Crippen molar-refractivity contribution in [3.63, 3.8) is 0 Å². The molecular weight excluding hydrogens is 352 g/mol. The number of esters is 2. The van der Waals surface area contributed by atoms with Gasteiger partial charge in [-0.1, -0.05) is 58.3 Å². The molecule has 2 rings (SSSR count). The molecule has 0 N–H and O–H groups in total. The normalized spacial score (nSPS) is 28.1. The van der Waals surface area contributed by atoms with Crippen LogP contribution in [0.2, 0.25) is 0 Å². The van der Waals surface area contributed by atoms with Crippen molar-refractivity contribution >= 4 is 11.9 Å². The lowest BCUT2D eigenvalue weighted by Gasteiger charge is -2.38. The van der Waals surface area contributed by atoms with Crippen LogP contribution in [0.5, 0.6) is 0 Å². The Balaban J connectivity index is 1.67. The minimum atomic E-state index is -0.754. The van der Waals surface area contributed by atoms with E-state index in [9.17, 15) is 9.59 Å². The van der Waals surface area contributed by atoms with Crippen molar-refractivity contribution in [1.82, 2.24) is 0 Å². The lowest BCUT2D eigenvalue weighted by atomic mass is 9.68. The van der Waals surface area contributed by atoms with Gasteiger partial charge in [-0.3, -0.25) is 9.59 Å². The average Bonchev–Trinajstić information content (AvgIpc) is 2.74. The van der Waals surface area contributed by atoms with Gasteiger partial charge in [0.2, 0.25) is 0 Å². The van der Waals surface area contributed by atoms with E-state index in [-0.39, 0.29) is 0 Å². The van der Waals surface area contributed by atoms with Gasteiger partial charge in [-0.25, -0.2) is 0 Å². The van der Waals surface area contributed by atoms with Crippen LogP contribution in [0.1, 0.15) is 96.8 Å². The monoisotopic (exact) mass is 394 g/mol. The summed E-state index contributed by atoms with van der Waals surface area (Å²) in [6, 6.07) is 0. The lowest BCUT2D eigenvalue weighted by molar-refractivity contribution is -0.159. The molecule has 0 radical (unpaired) electrons. The molecular formula is C24H42O4. The molecule has 2 aliphatic rings. The van der Waals surface area contributed by atoms with E-state index in [1.165, 1.54) is 91.3 Å². The van der Waals surface area contributed by atoms with Crippen LogP contribution in [0.25, 0.3) is 0 Å². The number of methoxy groups -OCH3 is 2. The smallest absolute Gasteiger partial charge is 0.320 e. The molecule has 4 heteroatoms. The molecule has 2 saturated carbocycles. The van der Waals surface area contributed by atoms with E-state index in [4.69, 9.17) is 9.47 Å². The molecule has 0 bridgehead atoms. The first-order valence-electron chi connectivity index (χ1n) is 11.7. The Hall–Kier alpha value is -1.06. The van der Waals surface area contributed by atoms with Crippen molar-refractivity contribution in [3.05, 3.63) is 0 Å². The molecule has 0 amide bonds. The first-order valence-corrected chi connectivity index (χ1v) is 11.7. The summed E-state index contributed by atoms with van der Waals surface area (Å²) in [7, 11) is 2.67. The fourth-order valence-corrected chi connectivity index (χ4v) is 5.60. The van der Waals surface area contributed by atoms with Crippen LogP contribution in [0.4, 0.5) is 0 Å². The van der Waals surface area contributed by atoms with E-state index in [0.717, 1.165) is 24.2 Å². The predicted molar refractivity (Wildman–Crippen MR) is 112 cm³/mol. The summed E-state index contributed by atoms with van der Waals surface area (Å²) in [5.41, 5.74) is 0. The van der Waals surface area contributed by atoms with Gasteiger partial charge in [0.15, 0.2) is 5.92 Å². The van der Waals surface area contributed by atoms with E-state index in [2.05, 4.69) is 6.92 Å². The van der Waals surface area contributed by atoms with Gasteiger partial charge in [0, 0.05) is 0 Å². The molecule has 2 aliphatic carbocycles. The molecule has 162 valence electrons. The fraction of sp³-hybridized carbons (Fsp3) is 0.917. The highest BCUT2D eigenvalue weighted by atomic mass is 16.5. The molecule has 0 aromatic heterocycles. The van der Waals surface area contributed by atoms with Gasteiger partial charge < -0.3 is 9.47 Å². The minimum absolute atomic E-state index is 0.462. The third-order valence-corrected chi connectivity index (χ3v) is 7.50. The van der Waals surface area contributed by atoms with Gasteiger partial charge >= 0.3 is 11.9 Å². The number of carbonyl (C=O) groups excluding carboxylic acids is 2. The second kappa shape index (κ2) is 12.5. The highest BCUT2D eigenvalue weighted by Crippen LogP contribution is 2.43. The maximum atomic E-state index is 11.8. The van der Waals surface area contributed by atoms with Crippen LogP contribution in [0.3, 0.4) is 0 Å². The Kier molecular flexibility index (Phi) is 10.4. The van der Waals surface area contributed by atoms with E-state index in [0.29, 0.717) is 12.3 Å². The average molecular weight is 395 g/mol. The number of hydrogen-bond acceptors (Lipinski definition) is 4. The van der Waals surface area contributed by atoms with Gasteiger partial charge in [-0.15, -0.1) is 0 Å². The maximum absolute atomic E-state index is 11.8. The van der Waals surface area contributed by atoms with Gasteiger partial charge in [-0.2, -0.15) is 0 Å². The molecule has 0 spiro atoms. The van der Waals surface area contributed by atoms with Gasteiger partial charge in [-0.05, 0) is 62.2 Å². The van der Waals surface area contributed by atoms with Crippen LogP contribution in [-0.4, -0.2) is 26.2 Å². The molecule has 2 fully saturated rings. The highest BCUT2D eigenvalue weighted by molar-refractivity contribution is 5.94. The molecule has 0 atom stereocenters. The minimum Gasteiger partial charge on any atom is -0.468 e. The highest BCUT2D eigenvalue weighted by Gasteiger charge is 2.33. The number of unbranched alkanes of at least 4 members (excludes halogenated alkanes) is 2. The topological polar surface area (TPSA) is 52.6 Å². The fourth-order valence-electron chi connectivity index (χ4n) is 5.60. The van der Waals surface area contributed by atoms with Crippen LogP contribution < -0.4 is 0 Å². The third-order valence-electron chi connectivity index (χ3n) is 7.50. The summed E-state index contributed by atoms with van der Waals surface area (Å²) in [4.78, 5) is 23.7. The van der Waals surface area contributed by atoms with Crippen LogP contribution in [0.15, 0.2) is 0 Å². The zero-order chi connectivity index (χ0) is 20.4. The van der Waals surface area contributed by atoms with Crippen LogP contribution in [-0.2, 0) is 19.1 Å². The Morgan fingerprint density at radius 1 is 0.750 bits per heavy atom. The van der Waals surface area contributed by atoms with Crippen LogP contribution >= 0.6 is 0 Å². The molecule has 0 unspecified atom stereocenters. The van der Waals surface area contributed by atoms with Crippen molar-refractivity contribution in [2.75, 3.05) is 14.2 Å². The third kappa shape index (κ3) is 7.08. The lowest BCUT2D eigenvalue weighted by Crippen LogP contribution is -2.28. The standard InChI is InChI=1S/C24H42O4/c1-4-5-6-7-18-8-13-20(14-9-18)21-15-10-19(11-16-21)12-17-22(23(25)27-2)24(26)28-3/h18-22H,4-17H2,1-3H3. The molecule has 0 aliphatic heterocycles. The van der Waals surface area contributed by atoms with E-state index in [1.54, 1.807) is 0 Å². The Bertz CT molecular complexity index is 443. The second-order valence-corrected chi connectivity index (χ2v) is 9.23. The predicted octanol–water partition coefficient (Wildman–Crippen LogP) is 5.92. The largest absolute Gasteiger partial charge is 0.468 e.